The maximum atomic E-state index is 11.7. The van der Waals surface area contributed by atoms with Crippen LogP contribution in [0.25, 0.3) is 0 Å². The molecule has 0 aromatic rings. The number of carbonyl (C=O) groups is 1. The van der Waals surface area contributed by atoms with Crippen LogP contribution < -0.4 is 5.73 Å². The molecule has 2 N–H and O–H groups in total. The SMILES string of the molecule is CCOC(=O)C(C)(N)CCCN1CCC(COC)CC1. The first-order chi connectivity index (χ1) is 9.49. The zero-order valence-corrected chi connectivity index (χ0v) is 13.2. The zero-order valence-electron chi connectivity index (χ0n) is 13.2. The van der Waals surface area contributed by atoms with Crippen LogP contribution in [0.2, 0.25) is 0 Å². The van der Waals surface area contributed by atoms with Crippen LogP contribution in [0.5, 0.6) is 0 Å². The third kappa shape index (κ3) is 5.77. The molecule has 1 aliphatic rings. The van der Waals surface area contributed by atoms with Crippen molar-refractivity contribution in [1.82, 2.24) is 4.90 Å². The third-order valence-corrected chi connectivity index (χ3v) is 4.02. The smallest absolute Gasteiger partial charge is 0.325 e. The van der Waals surface area contributed by atoms with Crippen LogP contribution in [0.1, 0.15) is 39.5 Å². The first-order valence-corrected chi connectivity index (χ1v) is 7.67. The Morgan fingerprint density at radius 2 is 2.05 bits per heavy atom. The van der Waals surface area contributed by atoms with Gasteiger partial charge < -0.3 is 20.1 Å². The number of nitrogens with two attached hydrogens (primary N) is 1. The average molecular weight is 286 g/mol. The number of ether oxygens (including phenoxy) is 2. The van der Waals surface area contributed by atoms with E-state index in [1.807, 2.05) is 0 Å². The van der Waals surface area contributed by atoms with Crippen molar-refractivity contribution in [3.63, 3.8) is 0 Å². The van der Waals surface area contributed by atoms with Gasteiger partial charge in [0.15, 0.2) is 0 Å². The van der Waals surface area contributed by atoms with Gasteiger partial charge in [-0.1, -0.05) is 0 Å². The molecule has 1 saturated heterocycles. The van der Waals surface area contributed by atoms with Crippen molar-refractivity contribution in [3.05, 3.63) is 0 Å². The van der Waals surface area contributed by atoms with Gasteiger partial charge in [-0.2, -0.15) is 0 Å². The molecule has 0 radical (unpaired) electrons. The Bertz CT molecular complexity index is 287. The minimum atomic E-state index is -0.857. The van der Waals surface area contributed by atoms with Gasteiger partial charge >= 0.3 is 5.97 Å². The lowest BCUT2D eigenvalue weighted by atomic mass is 9.95. The predicted molar refractivity (Wildman–Crippen MR) is 79.5 cm³/mol. The Morgan fingerprint density at radius 3 is 2.60 bits per heavy atom. The van der Waals surface area contributed by atoms with Crippen LogP contribution in [0.4, 0.5) is 0 Å². The summed E-state index contributed by atoms with van der Waals surface area (Å²) in [4.78, 5) is 14.1. The average Bonchev–Trinajstić information content (AvgIpc) is 2.41. The Kier molecular flexibility index (Phi) is 7.48. The summed E-state index contributed by atoms with van der Waals surface area (Å²) in [6.07, 6.45) is 4.00. The zero-order chi connectivity index (χ0) is 15.0. The van der Waals surface area contributed by atoms with Crippen LogP contribution in [-0.4, -0.2) is 56.4 Å². The maximum absolute atomic E-state index is 11.7. The molecule has 1 unspecified atom stereocenters. The molecule has 0 amide bonds. The number of carbonyl (C=O) groups excluding carboxylic acids is 1. The van der Waals surface area contributed by atoms with E-state index in [0.29, 0.717) is 18.9 Å². The summed E-state index contributed by atoms with van der Waals surface area (Å²) in [5, 5.41) is 0. The summed E-state index contributed by atoms with van der Waals surface area (Å²) in [5.74, 6) is 0.411. The number of likely N-dealkylation sites (tertiary alicyclic amines) is 1. The van der Waals surface area contributed by atoms with Gasteiger partial charge in [-0.25, -0.2) is 0 Å². The fourth-order valence-electron chi connectivity index (χ4n) is 2.68. The van der Waals surface area contributed by atoms with E-state index in [1.165, 1.54) is 12.8 Å². The van der Waals surface area contributed by atoms with Gasteiger partial charge in [0, 0.05) is 13.7 Å². The van der Waals surface area contributed by atoms with E-state index in [-0.39, 0.29) is 5.97 Å². The van der Waals surface area contributed by atoms with Crippen LogP contribution in [0, 0.1) is 5.92 Å². The number of hydrogen-bond donors (Lipinski definition) is 1. The summed E-state index contributed by atoms with van der Waals surface area (Å²) in [6, 6.07) is 0. The Balaban J connectivity index is 2.20. The molecule has 0 saturated carbocycles. The number of esters is 1. The summed E-state index contributed by atoms with van der Waals surface area (Å²) in [7, 11) is 1.77. The van der Waals surface area contributed by atoms with Crippen molar-refractivity contribution in [1.29, 1.82) is 0 Å². The van der Waals surface area contributed by atoms with Crippen LogP contribution in [0.15, 0.2) is 0 Å². The topological polar surface area (TPSA) is 64.8 Å². The molecule has 1 aliphatic heterocycles. The van der Waals surface area contributed by atoms with Gasteiger partial charge in [0.1, 0.15) is 5.54 Å². The molecule has 0 aliphatic carbocycles. The number of methoxy groups -OCH3 is 1. The van der Waals surface area contributed by atoms with Crippen molar-refractivity contribution >= 4 is 5.97 Å². The second-order valence-corrected chi connectivity index (χ2v) is 5.98. The largest absolute Gasteiger partial charge is 0.465 e. The van der Waals surface area contributed by atoms with Crippen LogP contribution in [0.3, 0.4) is 0 Å². The van der Waals surface area contributed by atoms with Crippen molar-refractivity contribution in [2.45, 2.75) is 45.1 Å². The summed E-state index contributed by atoms with van der Waals surface area (Å²) in [6.45, 7) is 8.07. The second kappa shape index (κ2) is 8.60. The Morgan fingerprint density at radius 1 is 1.40 bits per heavy atom. The van der Waals surface area contributed by atoms with E-state index < -0.39 is 5.54 Å². The minimum absolute atomic E-state index is 0.293. The van der Waals surface area contributed by atoms with Crippen LogP contribution >= 0.6 is 0 Å². The molecule has 5 nitrogen and oxygen atoms in total. The number of piperidine rings is 1. The van der Waals surface area contributed by atoms with E-state index in [4.69, 9.17) is 15.2 Å². The second-order valence-electron chi connectivity index (χ2n) is 5.98. The molecule has 1 fully saturated rings. The lowest BCUT2D eigenvalue weighted by molar-refractivity contribution is -0.149. The van der Waals surface area contributed by atoms with Gasteiger partial charge in [0.2, 0.25) is 0 Å². The normalized spacial score (nSPS) is 20.6. The van der Waals surface area contributed by atoms with Crippen molar-refractivity contribution in [2.75, 3.05) is 40.0 Å². The van der Waals surface area contributed by atoms with Gasteiger partial charge in [0.05, 0.1) is 6.61 Å². The van der Waals surface area contributed by atoms with E-state index >= 15 is 0 Å². The summed E-state index contributed by atoms with van der Waals surface area (Å²) in [5.41, 5.74) is 5.16. The molecule has 0 aromatic heterocycles. The van der Waals surface area contributed by atoms with Gasteiger partial charge in [-0.3, -0.25) is 4.79 Å². The van der Waals surface area contributed by atoms with E-state index in [1.54, 1.807) is 21.0 Å². The van der Waals surface area contributed by atoms with Crippen molar-refractivity contribution < 1.29 is 14.3 Å². The quantitative estimate of drug-likeness (QED) is 0.683. The standard InChI is InChI=1S/C15H30N2O3/c1-4-20-14(18)15(2,16)8-5-9-17-10-6-13(7-11-17)12-19-3/h13H,4-12,16H2,1-3H3. The molecule has 1 atom stereocenters. The van der Waals surface area contributed by atoms with E-state index in [9.17, 15) is 4.79 Å². The molecule has 0 spiro atoms. The monoisotopic (exact) mass is 286 g/mol. The molecule has 0 bridgehead atoms. The fourth-order valence-corrected chi connectivity index (χ4v) is 2.68. The maximum Gasteiger partial charge on any atom is 0.325 e. The first kappa shape index (κ1) is 17.4. The summed E-state index contributed by atoms with van der Waals surface area (Å²) >= 11 is 0. The number of rotatable bonds is 8. The van der Waals surface area contributed by atoms with E-state index in [2.05, 4.69) is 4.90 Å². The van der Waals surface area contributed by atoms with E-state index in [0.717, 1.165) is 32.7 Å². The molecule has 1 heterocycles. The molecule has 118 valence electrons. The van der Waals surface area contributed by atoms with Gasteiger partial charge in [-0.05, 0) is 65.1 Å². The molecule has 0 aromatic carbocycles. The Labute approximate surface area is 122 Å². The van der Waals surface area contributed by atoms with Gasteiger partial charge in [-0.15, -0.1) is 0 Å². The molecular weight excluding hydrogens is 256 g/mol. The number of nitrogens with zero attached hydrogens (tertiary/aromatic N) is 1. The highest BCUT2D eigenvalue weighted by Crippen LogP contribution is 2.18. The van der Waals surface area contributed by atoms with Crippen LogP contribution in [-0.2, 0) is 14.3 Å². The first-order valence-electron chi connectivity index (χ1n) is 7.67. The molecule has 1 rings (SSSR count). The lowest BCUT2D eigenvalue weighted by Gasteiger charge is -2.32. The number of hydrogen-bond acceptors (Lipinski definition) is 5. The highest BCUT2D eigenvalue weighted by molar-refractivity contribution is 5.79. The Hall–Kier alpha value is -0.650. The fraction of sp³-hybridized carbons (Fsp3) is 0.933. The predicted octanol–water partition coefficient (Wildman–Crippen LogP) is 1.41. The minimum Gasteiger partial charge on any atom is -0.465 e. The molecular formula is C15H30N2O3. The summed E-state index contributed by atoms with van der Waals surface area (Å²) < 4.78 is 10.2. The van der Waals surface area contributed by atoms with Crippen molar-refractivity contribution in [2.24, 2.45) is 11.7 Å². The lowest BCUT2D eigenvalue weighted by Crippen LogP contribution is -2.46. The third-order valence-electron chi connectivity index (χ3n) is 4.02. The molecule has 20 heavy (non-hydrogen) atoms. The highest BCUT2D eigenvalue weighted by atomic mass is 16.5. The molecule has 5 heteroatoms. The van der Waals surface area contributed by atoms with Gasteiger partial charge in [0.25, 0.3) is 0 Å². The van der Waals surface area contributed by atoms with Crippen molar-refractivity contribution in [3.8, 4) is 0 Å². The highest BCUT2D eigenvalue weighted by Gasteiger charge is 2.29.